The van der Waals surface area contributed by atoms with Crippen LogP contribution in [-0.4, -0.2) is 0 Å². The molecular formula is C10H11Br. The molecule has 0 fully saturated rings. The first kappa shape index (κ1) is 8.54. The van der Waals surface area contributed by atoms with E-state index in [1.54, 1.807) is 0 Å². The molecule has 0 heterocycles. The van der Waals surface area contributed by atoms with Crippen molar-refractivity contribution in [3.05, 3.63) is 39.9 Å². The molecule has 0 aliphatic carbocycles. The van der Waals surface area contributed by atoms with Gasteiger partial charge in [-0.1, -0.05) is 34.7 Å². The third kappa shape index (κ3) is 1.72. The van der Waals surface area contributed by atoms with Crippen LogP contribution in [0.25, 0.3) is 6.08 Å². The van der Waals surface area contributed by atoms with Gasteiger partial charge in [-0.05, 0) is 36.6 Å². The van der Waals surface area contributed by atoms with E-state index < -0.39 is 0 Å². The lowest BCUT2D eigenvalue weighted by molar-refractivity contribution is 1.32. The summed E-state index contributed by atoms with van der Waals surface area (Å²) >= 11 is 3.47. The minimum atomic E-state index is 1.12. The van der Waals surface area contributed by atoms with Gasteiger partial charge in [0, 0.05) is 4.47 Å². The predicted octanol–water partition coefficient (Wildman–Crippen LogP) is 3.71. The largest absolute Gasteiger partial charge is 0.0984 e. The topological polar surface area (TPSA) is 0 Å². The lowest BCUT2D eigenvalue weighted by Gasteiger charge is -2.03. The Hall–Kier alpha value is -0.560. The fourth-order valence-electron chi connectivity index (χ4n) is 0.960. The van der Waals surface area contributed by atoms with Gasteiger partial charge in [0.1, 0.15) is 0 Å². The van der Waals surface area contributed by atoms with Crippen molar-refractivity contribution in [2.75, 3.05) is 0 Å². The van der Waals surface area contributed by atoms with Crippen molar-refractivity contribution in [2.45, 2.75) is 13.8 Å². The van der Waals surface area contributed by atoms with Crippen molar-refractivity contribution in [1.29, 1.82) is 0 Å². The lowest BCUT2D eigenvalue weighted by Crippen LogP contribution is -1.83. The van der Waals surface area contributed by atoms with Crippen molar-refractivity contribution in [3.63, 3.8) is 0 Å². The van der Waals surface area contributed by atoms with Crippen LogP contribution in [0.15, 0.2) is 23.2 Å². The van der Waals surface area contributed by atoms with Crippen LogP contribution in [0.2, 0.25) is 0 Å². The first-order valence-corrected chi connectivity index (χ1v) is 4.33. The molecule has 0 radical (unpaired) electrons. The first-order chi connectivity index (χ1) is 5.15. The van der Waals surface area contributed by atoms with Gasteiger partial charge in [0.25, 0.3) is 0 Å². The van der Waals surface area contributed by atoms with E-state index in [-0.39, 0.29) is 0 Å². The Bertz CT molecular complexity index is 287. The highest BCUT2D eigenvalue weighted by Crippen LogP contribution is 2.21. The molecule has 0 spiro atoms. The van der Waals surface area contributed by atoms with Gasteiger partial charge < -0.3 is 0 Å². The van der Waals surface area contributed by atoms with E-state index in [0.717, 1.165) is 10.0 Å². The molecule has 1 heteroatoms. The number of hydrogen-bond donors (Lipinski definition) is 0. The zero-order chi connectivity index (χ0) is 8.43. The number of hydrogen-bond acceptors (Lipinski definition) is 0. The Kier molecular flexibility index (Phi) is 2.50. The van der Waals surface area contributed by atoms with Crippen LogP contribution in [0.4, 0.5) is 0 Å². The summed E-state index contributed by atoms with van der Waals surface area (Å²) in [4.78, 5) is 0. The molecule has 1 rings (SSSR count). The van der Waals surface area contributed by atoms with Crippen LogP contribution in [0, 0.1) is 13.8 Å². The second-order valence-electron chi connectivity index (χ2n) is 2.66. The first-order valence-electron chi connectivity index (χ1n) is 3.54. The zero-order valence-electron chi connectivity index (χ0n) is 6.82. The standard InChI is InChI=1S/C10H11Br/c1-4-9-5-7(2)8(3)6-10(9)11/h4-6H,1H2,2-3H3. The summed E-state index contributed by atoms with van der Waals surface area (Å²) in [5.74, 6) is 0. The summed E-state index contributed by atoms with van der Waals surface area (Å²) in [6.45, 7) is 7.94. The van der Waals surface area contributed by atoms with Crippen LogP contribution in [0.5, 0.6) is 0 Å². The highest BCUT2D eigenvalue weighted by molar-refractivity contribution is 9.10. The lowest BCUT2D eigenvalue weighted by atomic mass is 10.1. The van der Waals surface area contributed by atoms with Gasteiger partial charge in [-0.3, -0.25) is 0 Å². The van der Waals surface area contributed by atoms with Crippen molar-refractivity contribution >= 4 is 22.0 Å². The van der Waals surface area contributed by atoms with E-state index >= 15 is 0 Å². The summed E-state index contributed by atoms with van der Waals surface area (Å²) in [5.41, 5.74) is 3.78. The molecule has 0 unspecified atom stereocenters. The molecule has 1 aromatic carbocycles. The second-order valence-corrected chi connectivity index (χ2v) is 3.52. The fourth-order valence-corrected chi connectivity index (χ4v) is 1.58. The maximum Gasteiger partial charge on any atom is 0.0250 e. The average Bonchev–Trinajstić information content (AvgIpc) is 1.97. The maximum atomic E-state index is 3.73. The highest BCUT2D eigenvalue weighted by Gasteiger charge is 1.98. The highest BCUT2D eigenvalue weighted by atomic mass is 79.9. The van der Waals surface area contributed by atoms with E-state index in [4.69, 9.17) is 0 Å². The Morgan fingerprint density at radius 2 is 1.82 bits per heavy atom. The minimum absolute atomic E-state index is 1.12. The van der Waals surface area contributed by atoms with E-state index in [9.17, 15) is 0 Å². The molecule has 0 nitrogen and oxygen atoms in total. The summed E-state index contributed by atoms with van der Waals surface area (Å²) in [5, 5.41) is 0. The van der Waals surface area contributed by atoms with Gasteiger partial charge in [0.15, 0.2) is 0 Å². The Morgan fingerprint density at radius 3 is 2.36 bits per heavy atom. The Labute approximate surface area is 76.1 Å². The minimum Gasteiger partial charge on any atom is -0.0984 e. The van der Waals surface area contributed by atoms with Crippen LogP contribution >= 0.6 is 15.9 Å². The van der Waals surface area contributed by atoms with Crippen LogP contribution in [-0.2, 0) is 0 Å². The van der Waals surface area contributed by atoms with Gasteiger partial charge in [-0.2, -0.15) is 0 Å². The molecule has 0 saturated carbocycles. The van der Waals surface area contributed by atoms with Crippen molar-refractivity contribution in [2.24, 2.45) is 0 Å². The van der Waals surface area contributed by atoms with E-state index in [1.807, 2.05) is 6.08 Å². The Balaban J connectivity index is 3.31. The van der Waals surface area contributed by atoms with Crippen LogP contribution in [0.3, 0.4) is 0 Å². The van der Waals surface area contributed by atoms with Crippen LogP contribution in [0.1, 0.15) is 16.7 Å². The number of rotatable bonds is 1. The molecule has 58 valence electrons. The molecule has 0 amide bonds. The normalized spacial score (nSPS) is 9.73. The summed E-state index contributed by atoms with van der Waals surface area (Å²) in [7, 11) is 0. The quantitative estimate of drug-likeness (QED) is 0.664. The molecule has 0 aliphatic rings. The van der Waals surface area contributed by atoms with E-state index in [2.05, 4.69) is 48.5 Å². The summed E-state index contributed by atoms with van der Waals surface area (Å²) in [6, 6.07) is 4.25. The molecule has 0 bridgehead atoms. The number of halogens is 1. The fraction of sp³-hybridized carbons (Fsp3) is 0.200. The molecule has 0 N–H and O–H groups in total. The molecule has 0 aromatic heterocycles. The molecule has 1 aromatic rings. The van der Waals surface area contributed by atoms with Crippen molar-refractivity contribution in [1.82, 2.24) is 0 Å². The summed E-state index contributed by atoms with van der Waals surface area (Å²) in [6.07, 6.45) is 1.86. The third-order valence-electron chi connectivity index (χ3n) is 1.83. The third-order valence-corrected chi connectivity index (χ3v) is 2.52. The maximum absolute atomic E-state index is 3.73. The predicted molar refractivity (Wildman–Crippen MR) is 53.7 cm³/mol. The number of benzene rings is 1. The van der Waals surface area contributed by atoms with E-state index in [1.165, 1.54) is 11.1 Å². The van der Waals surface area contributed by atoms with Crippen molar-refractivity contribution < 1.29 is 0 Å². The monoisotopic (exact) mass is 210 g/mol. The molecule has 0 saturated heterocycles. The second kappa shape index (κ2) is 3.22. The van der Waals surface area contributed by atoms with Gasteiger partial charge >= 0.3 is 0 Å². The van der Waals surface area contributed by atoms with Gasteiger partial charge in [0.05, 0.1) is 0 Å². The van der Waals surface area contributed by atoms with Crippen LogP contribution < -0.4 is 0 Å². The molecule has 0 aliphatic heterocycles. The number of aryl methyl sites for hydroxylation is 2. The molecule has 11 heavy (non-hydrogen) atoms. The molecule has 0 atom stereocenters. The zero-order valence-corrected chi connectivity index (χ0v) is 8.40. The molecular weight excluding hydrogens is 200 g/mol. The Morgan fingerprint density at radius 1 is 1.27 bits per heavy atom. The van der Waals surface area contributed by atoms with Crippen molar-refractivity contribution in [3.8, 4) is 0 Å². The summed E-state index contributed by atoms with van der Waals surface area (Å²) < 4.78 is 1.12. The van der Waals surface area contributed by atoms with Gasteiger partial charge in [0.2, 0.25) is 0 Å². The SMILES string of the molecule is C=Cc1cc(C)c(C)cc1Br. The van der Waals surface area contributed by atoms with Gasteiger partial charge in [-0.15, -0.1) is 0 Å². The smallest absolute Gasteiger partial charge is 0.0250 e. The average molecular weight is 211 g/mol. The van der Waals surface area contributed by atoms with Gasteiger partial charge in [-0.25, -0.2) is 0 Å². The van der Waals surface area contributed by atoms with E-state index in [0.29, 0.717) is 0 Å².